The Labute approximate surface area is 114 Å². The van der Waals surface area contributed by atoms with Gasteiger partial charge in [0.15, 0.2) is 0 Å². The van der Waals surface area contributed by atoms with E-state index >= 15 is 0 Å². The highest BCUT2D eigenvalue weighted by molar-refractivity contribution is 7.80. The van der Waals surface area contributed by atoms with E-state index in [0.717, 1.165) is 25.5 Å². The molecule has 0 bridgehead atoms. The summed E-state index contributed by atoms with van der Waals surface area (Å²) < 4.78 is 0. The largest absolute Gasteiger partial charge is 0.388 e. The van der Waals surface area contributed by atoms with E-state index in [1.165, 1.54) is 0 Å². The molecule has 1 aromatic rings. The molecule has 1 aromatic heterocycles. The lowest BCUT2D eigenvalue weighted by Gasteiger charge is -2.45. The Hall–Kier alpha value is -1.20. The molecule has 0 atom stereocenters. The zero-order valence-corrected chi connectivity index (χ0v) is 12.0. The smallest absolute Gasteiger partial charge is 0.129 e. The molecular weight excluding hydrogens is 244 g/mol. The summed E-state index contributed by atoms with van der Waals surface area (Å²) in [6, 6.07) is 5.83. The lowest BCUT2D eigenvalue weighted by molar-refractivity contribution is 0.138. The zero-order chi connectivity index (χ0) is 13.3. The molecule has 0 amide bonds. The van der Waals surface area contributed by atoms with Crippen molar-refractivity contribution in [2.75, 3.05) is 31.6 Å². The fraction of sp³-hybridized carbons (Fsp3) is 0.538. The van der Waals surface area contributed by atoms with Gasteiger partial charge in [-0.3, -0.25) is 4.90 Å². The molecule has 1 aliphatic heterocycles. The number of piperazine rings is 1. The van der Waals surface area contributed by atoms with Gasteiger partial charge in [-0.2, -0.15) is 0 Å². The number of nitrogens with zero attached hydrogens (tertiary/aromatic N) is 3. The molecule has 98 valence electrons. The van der Waals surface area contributed by atoms with Gasteiger partial charge in [-0.25, -0.2) is 4.98 Å². The van der Waals surface area contributed by atoms with Crippen LogP contribution in [0.4, 0.5) is 5.82 Å². The van der Waals surface area contributed by atoms with Crippen molar-refractivity contribution in [3.63, 3.8) is 0 Å². The number of pyridine rings is 1. The summed E-state index contributed by atoms with van der Waals surface area (Å²) in [4.78, 5) is 9.55. The van der Waals surface area contributed by atoms with Crippen molar-refractivity contribution < 1.29 is 0 Å². The molecule has 1 fully saturated rings. The van der Waals surface area contributed by atoms with Gasteiger partial charge in [0, 0.05) is 25.2 Å². The van der Waals surface area contributed by atoms with Crippen LogP contribution in [-0.2, 0) is 0 Å². The van der Waals surface area contributed by atoms with Crippen LogP contribution >= 0.6 is 12.2 Å². The molecule has 2 rings (SSSR count). The number of anilines is 1. The van der Waals surface area contributed by atoms with Crippen LogP contribution in [0.3, 0.4) is 0 Å². The van der Waals surface area contributed by atoms with E-state index in [9.17, 15) is 0 Å². The van der Waals surface area contributed by atoms with Crippen LogP contribution in [-0.4, -0.2) is 47.1 Å². The normalized spacial score (nSPS) is 19.8. The van der Waals surface area contributed by atoms with Gasteiger partial charge >= 0.3 is 0 Å². The van der Waals surface area contributed by atoms with E-state index in [0.29, 0.717) is 10.7 Å². The number of hydrogen-bond acceptors (Lipinski definition) is 4. The Morgan fingerprint density at radius 3 is 2.72 bits per heavy atom. The highest BCUT2D eigenvalue weighted by Crippen LogP contribution is 2.23. The van der Waals surface area contributed by atoms with E-state index in [-0.39, 0.29) is 5.54 Å². The predicted octanol–water partition coefficient (Wildman–Crippen LogP) is 1.25. The zero-order valence-electron chi connectivity index (χ0n) is 11.2. The Balaban J connectivity index is 2.22. The molecule has 2 N–H and O–H groups in total. The Kier molecular flexibility index (Phi) is 3.54. The highest BCUT2D eigenvalue weighted by Gasteiger charge is 2.31. The minimum Gasteiger partial charge on any atom is -0.388 e. The van der Waals surface area contributed by atoms with Gasteiger partial charge in [0.2, 0.25) is 0 Å². The first kappa shape index (κ1) is 13.2. The van der Waals surface area contributed by atoms with Crippen molar-refractivity contribution in [2.45, 2.75) is 19.4 Å². The lowest BCUT2D eigenvalue weighted by Crippen LogP contribution is -2.57. The Bertz CT molecular complexity index is 458. The van der Waals surface area contributed by atoms with Crippen molar-refractivity contribution in [1.29, 1.82) is 0 Å². The first-order valence-corrected chi connectivity index (χ1v) is 6.54. The summed E-state index contributed by atoms with van der Waals surface area (Å²) in [5.41, 5.74) is 6.48. The van der Waals surface area contributed by atoms with Crippen LogP contribution in [0.2, 0.25) is 0 Å². The maximum atomic E-state index is 5.63. The molecular formula is C13H20N4S. The summed E-state index contributed by atoms with van der Waals surface area (Å²) in [5, 5.41) is 0. The predicted molar refractivity (Wildman–Crippen MR) is 79.0 cm³/mol. The fourth-order valence-electron chi connectivity index (χ4n) is 2.17. The van der Waals surface area contributed by atoms with Crippen molar-refractivity contribution in [1.82, 2.24) is 9.88 Å². The van der Waals surface area contributed by atoms with Crippen LogP contribution in [0.1, 0.15) is 19.5 Å². The van der Waals surface area contributed by atoms with Gasteiger partial charge in [-0.05, 0) is 33.0 Å². The average molecular weight is 264 g/mol. The number of likely N-dealkylation sites (N-methyl/N-ethyl adjacent to an activating group) is 1. The molecule has 1 saturated heterocycles. The molecule has 0 aliphatic carbocycles. The number of thiocarbonyl (C=S) groups is 1. The van der Waals surface area contributed by atoms with Gasteiger partial charge in [-0.1, -0.05) is 18.3 Å². The SMILES string of the molecule is CN1CCN(c2cccc(C(N)=S)n2)CC1(C)C. The van der Waals surface area contributed by atoms with E-state index in [1.807, 2.05) is 18.2 Å². The van der Waals surface area contributed by atoms with Crippen molar-refractivity contribution in [3.8, 4) is 0 Å². The van der Waals surface area contributed by atoms with Crippen molar-refractivity contribution in [3.05, 3.63) is 23.9 Å². The van der Waals surface area contributed by atoms with Crippen LogP contribution in [0.5, 0.6) is 0 Å². The van der Waals surface area contributed by atoms with Crippen molar-refractivity contribution in [2.24, 2.45) is 5.73 Å². The van der Waals surface area contributed by atoms with E-state index in [1.54, 1.807) is 0 Å². The number of nitrogens with two attached hydrogens (primary N) is 1. The minimum absolute atomic E-state index is 0.152. The molecule has 0 aromatic carbocycles. The summed E-state index contributed by atoms with van der Waals surface area (Å²) >= 11 is 4.98. The van der Waals surface area contributed by atoms with Gasteiger partial charge in [0.25, 0.3) is 0 Å². The van der Waals surface area contributed by atoms with Gasteiger partial charge in [-0.15, -0.1) is 0 Å². The molecule has 0 spiro atoms. The molecule has 0 unspecified atom stereocenters. The second kappa shape index (κ2) is 4.82. The van der Waals surface area contributed by atoms with Gasteiger partial charge < -0.3 is 10.6 Å². The Morgan fingerprint density at radius 2 is 2.11 bits per heavy atom. The van der Waals surface area contributed by atoms with E-state index in [2.05, 4.69) is 35.7 Å². The third-order valence-corrected chi connectivity index (χ3v) is 3.84. The molecule has 4 nitrogen and oxygen atoms in total. The minimum atomic E-state index is 0.152. The molecule has 2 heterocycles. The van der Waals surface area contributed by atoms with Gasteiger partial charge in [0.1, 0.15) is 10.8 Å². The molecule has 18 heavy (non-hydrogen) atoms. The average Bonchev–Trinajstić information content (AvgIpc) is 2.33. The molecule has 0 saturated carbocycles. The van der Waals surface area contributed by atoms with Crippen LogP contribution in [0.15, 0.2) is 18.2 Å². The third kappa shape index (κ3) is 2.62. The first-order valence-electron chi connectivity index (χ1n) is 6.13. The van der Waals surface area contributed by atoms with Crippen LogP contribution in [0.25, 0.3) is 0 Å². The maximum absolute atomic E-state index is 5.63. The number of aromatic nitrogens is 1. The van der Waals surface area contributed by atoms with Gasteiger partial charge in [0.05, 0.1) is 5.69 Å². The second-order valence-corrected chi connectivity index (χ2v) is 5.84. The second-order valence-electron chi connectivity index (χ2n) is 5.40. The standard InChI is InChI=1S/C13H20N4S/c1-13(2)9-17(8-7-16(13)3)11-6-4-5-10(15-11)12(14)18/h4-6H,7-9H2,1-3H3,(H2,14,18). The molecule has 1 aliphatic rings. The number of rotatable bonds is 2. The van der Waals surface area contributed by atoms with Crippen LogP contribution in [0, 0.1) is 0 Å². The molecule has 5 heteroatoms. The van der Waals surface area contributed by atoms with E-state index in [4.69, 9.17) is 18.0 Å². The number of hydrogen-bond donors (Lipinski definition) is 1. The third-order valence-electron chi connectivity index (χ3n) is 3.63. The lowest BCUT2D eigenvalue weighted by atomic mass is 10.00. The quantitative estimate of drug-likeness (QED) is 0.815. The summed E-state index contributed by atoms with van der Waals surface area (Å²) in [6.07, 6.45) is 0. The summed E-state index contributed by atoms with van der Waals surface area (Å²) in [7, 11) is 2.16. The Morgan fingerprint density at radius 1 is 1.39 bits per heavy atom. The maximum Gasteiger partial charge on any atom is 0.129 e. The van der Waals surface area contributed by atoms with Crippen molar-refractivity contribution >= 4 is 23.0 Å². The summed E-state index contributed by atoms with van der Waals surface area (Å²) in [5.74, 6) is 0.960. The topological polar surface area (TPSA) is 45.4 Å². The first-order chi connectivity index (χ1) is 8.40. The summed E-state index contributed by atoms with van der Waals surface area (Å²) in [6.45, 7) is 7.46. The monoisotopic (exact) mass is 264 g/mol. The molecule has 0 radical (unpaired) electrons. The van der Waals surface area contributed by atoms with Crippen LogP contribution < -0.4 is 10.6 Å². The fourth-order valence-corrected chi connectivity index (χ4v) is 2.29. The van der Waals surface area contributed by atoms with E-state index < -0.39 is 0 Å². The highest BCUT2D eigenvalue weighted by atomic mass is 32.1.